The van der Waals surface area contributed by atoms with Gasteiger partial charge >= 0.3 is 5.63 Å². The van der Waals surface area contributed by atoms with Gasteiger partial charge in [-0.2, -0.15) is 0 Å². The molecule has 0 saturated heterocycles. The van der Waals surface area contributed by atoms with Crippen molar-refractivity contribution in [3.05, 3.63) is 76.1 Å². The van der Waals surface area contributed by atoms with Crippen molar-refractivity contribution in [3.8, 4) is 17.2 Å². The summed E-state index contributed by atoms with van der Waals surface area (Å²) in [6.07, 6.45) is 0. The molecule has 6 nitrogen and oxygen atoms in total. The summed E-state index contributed by atoms with van der Waals surface area (Å²) in [6, 6.07) is 17.4. The van der Waals surface area contributed by atoms with Gasteiger partial charge in [-0.1, -0.05) is 24.3 Å². The Bertz CT molecular complexity index is 1330. The highest BCUT2D eigenvalue weighted by atomic mass is 16.7. The minimum absolute atomic E-state index is 0.262. The van der Waals surface area contributed by atoms with Crippen LogP contribution in [-0.2, 0) is 13.1 Å². The lowest BCUT2D eigenvalue weighted by Crippen LogP contribution is -2.31. The van der Waals surface area contributed by atoms with Crippen molar-refractivity contribution in [2.24, 2.45) is 0 Å². The van der Waals surface area contributed by atoms with Gasteiger partial charge in [-0.05, 0) is 41.3 Å². The third-order valence-corrected chi connectivity index (χ3v) is 5.48. The Morgan fingerprint density at radius 3 is 2.59 bits per heavy atom. The summed E-state index contributed by atoms with van der Waals surface area (Å²) in [5.41, 5.74) is 2.28. The molecular weight excluding hydrogens is 370 g/mol. The number of rotatable bonds is 2. The molecule has 0 radical (unpaired) electrons. The van der Waals surface area contributed by atoms with Crippen LogP contribution >= 0.6 is 0 Å². The lowest BCUT2D eigenvalue weighted by atomic mass is 10.0. The largest absolute Gasteiger partial charge is 0.478 e. The first-order valence-electron chi connectivity index (χ1n) is 9.47. The average molecular weight is 387 g/mol. The molecule has 0 amide bonds. The van der Waals surface area contributed by atoms with Gasteiger partial charge in [0.1, 0.15) is 18.1 Å². The molecule has 0 saturated carbocycles. The van der Waals surface area contributed by atoms with Crippen LogP contribution in [0.25, 0.3) is 21.7 Å². The molecule has 0 N–H and O–H groups in total. The Labute approximate surface area is 165 Å². The standard InChI is InChI=1S/C23H17NO5/c25-23-17-4-2-1-3-15(17)16-6-8-19-18(22(16)29-23)11-24(12-26-19)10-14-5-7-20-21(9-14)28-13-27-20/h1-9H,10-13H2. The Hall–Kier alpha value is -3.51. The zero-order chi connectivity index (χ0) is 19.4. The zero-order valence-electron chi connectivity index (χ0n) is 15.5. The van der Waals surface area contributed by atoms with E-state index in [0.29, 0.717) is 30.8 Å². The van der Waals surface area contributed by atoms with Gasteiger partial charge in [0.05, 0.1) is 10.9 Å². The van der Waals surface area contributed by atoms with Crippen molar-refractivity contribution < 1.29 is 18.6 Å². The number of hydrogen-bond acceptors (Lipinski definition) is 6. The maximum atomic E-state index is 12.5. The second kappa shape index (κ2) is 6.25. The summed E-state index contributed by atoms with van der Waals surface area (Å²) >= 11 is 0. The van der Waals surface area contributed by atoms with E-state index < -0.39 is 0 Å². The molecule has 2 aliphatic heterocycles. The van der Waals surface area contributed by atoms with Gasteiger partial charge in [0.15, 0.2) is 11.5 Å². The van der Waals surface area contributed by atoms with Crippen molar-refractivity contribution in [1.82, 2.24) is 4.90 Å². The first-order chi connectivity index (χ1) is 14.3. The fourth-order valence-electron chi connectivity index (χ4n) is 4.10. The maximum absolute atomic E-state index is 12.5. The van der Waals surface area contributed by atoms with E-state index in [2.05, 4.69) is 4.90 Å². The van der Waals surface area contributed by atoms with Crippen molar-refractivity contribution in [2.45, 2.75) is 13.1 Å². The smallest absolute Gasteiger partial charge is 0.344 e. The van der Waals surface area contributed by atoms with Crippen LogP contribution < -0.4 is 19.8 Å². The Morgan fingerprint density at radius 1 is 0.828 bits per heavy atom. The summed E-state index contributed by atoms with van der Waals surface area (Å²) in [7, 11) is 0. The lowest BCUT2D eigenvalue weighted by molar-refractivity contribution is 0.0889. The van der Waals surface area contributed by atoms with Gasteiger partial charge in [0.2, 0.25) is 6.79 Å². The van der Waals surface area contributed by atoms with Crippen LogP contribution in [0.1, 0.15) is 11.1 Å². The van der Waals surface area contributed by atoms with Gasteiger partial charge in [0, 0.05) is 18.5 Å². The first-order valence-corrected chi connectivity index (χ1v) is 9.47. The van der Waals surface area contributed by atoms with Crippen LogP contribution in [0.4, 0.5) is 0 Å². The Morgan fingerprint density at radius 2 is 1.66 bits per heavy atom. The number of ether oxygens (including phenoxy) is 3. The van der Waals surface area contributed by atoms with Crippen molar-refractivity contribution in [1.29, 1.82) is 0 Å². The average Bonchev–Trinajstić information content (AvgIpc) is 3.22. The number of fused-ring (bicyclic) bond motifs is 6. The SMILES string of the molecule is O=c1oc2c3c(ccc2c2ccccc12)OCN(Cc1ccc2c(c1)OCO2)C3. The van der Waals surface area contributed by atoms with E-state index in [1.165, 1.54) is 0 Å². The third-order valence-electron chi connectivity index (χ3n) is 5.48. The zero-order valence-corrected chi connectivity index (χ0v) is 15.5. The molecule has 4 aromatic rings. The molecule has 0 fully saturated rings. The topological polar surface area (TPSA) is 61.1 Å². The van der Waals surface area contributed by atoms with Gasteiger partial charge < -0.3 is 18.6 Å². The molecule has 2 aliphatic rings. The molecule has 0 atom stereocenters. The second-order valence-electron chi connectivity index (χ2n) is 7.30. The van der Waals surface area contributed by atoms with E-state index in [1.807, 2.05) is 48.5 Å². The number of nitrogens with zero attached hydrogens (tertiary/aromatic N) is 1. The summed E-state index contributed by atoms with van der Waals surface area (Å²) in [5.74, 6) is 2.30. The minimum atomic E-state index is -0.325. The molecule has 6 heteroatoms. The van der Waals surface area contributed by atoms with Crippen LogP contribution in [0.5, 0.6) is 17.2 Å². The first kappa shape index (κ1) is 16.4. The summed E-state index contributed by atoms with van der Waals surface area (Å²) in [5, 5.41) is 2.41. The second-order valence-corrected chi connectivity index (χ2v) is 7.30. The third kappa shape index (κ3) is 2.64. The van der Waals surface area contributed by atoms with Crippen LogP contribution in [0.3, 0.4) is 0 Å². The van der Waals surface area contributed by atoms with Gasteiger partial charge in [0.25, 0.3) is 0 Å². The fourth-order valence-corrected chi connectivity index (χ4v) is 4.10. The van der Waals surface area contributed by atoms with Gasteiger partial charge in [-0.25, -0.2) is 4.79 Å². The predicted octanol–water partition coefficient (Wildman–Crippen LogP) is 4.03. The van der Waals surface area contributed by atoms with Crippen molar-refractivity contribution >= 4 is 21.7 Å². The maximum Gasteiger partial charge on any atom is 0.344 e. The van der Waals surface area contributed by atoms with Crippen molar-refractivity contribution in [3.63, 3.8) is 0 Å². The highest BCUT2D eigenvalue weighted by Gasteiger charge is 2.23. The Kier molecular flexibility index (Phi) is 3.55. The monoisotopic (exact) mass is 387 g/mol. The quantitative estimate of drug-likeness (QED) is 0.382. The molecule has 0 spiro atoms. The molecule has 29 heavy (non-hydrogen) atoms. The minimum Gasteiger partial charge on any atom is -0.478 e. The highest BCUT2D eigenvalue weighted by molar-refractivity contribution is 6.05. The molecule has 0 unspecified atom stereocenters. The van der Waals surface area contributed by atoms with Crippen LogP contribution in [0.15, 0.2) is 63.8 Å². The highest BCUT2D eigenvalue weighted by Crippen LogP contribution is 2.36. The van der Waals surface area contributed by atoms with E-state index in [-0.39, 0.29) is 12.4 Å². The molecule has 3 aromatic carbocycles. The molecule has 3 heterocycles. The molecular formula is C23H17NO5. The normalized spacial score (nSPS) is 15.4. The number of hydrogen-bond donors (Lipinski definition) is 0. The van der Waals surface area contributed by atoms with Gasteiger partial charge in [-0.3, -0.25) is 4.90 Å². The van der Waals surface area contributed by atoms with Crippen LogP contribution in [0, 0.1) is 0 Å². The van der Waals surface area contributed by atoms with E-state index in [0.717, 1.165) is 39.1 Å². The molecule has 0 bridgehead atoms. The summed E-state index contributed by atoms with van der Waals surface area (Å²) in [6.45, 7) is 2.04. The van der Waals surface area contributed by atoms with E-state index >= 15 is 0 Å². The van der Waals surface area contributed by atoms with E-state index in [4.69, 9.17) is 18.6 Å². The van der Waals surface area contributed by atoms with E-state index in [1.54, 1.807) is 6.07 Å². The molecule has 6 rings (SSSR count). The van der Waals surface area contributed by atoms with E-state index in [9.17, 15) is 4.79 Å². The van der Waals surface area contributed by atoms with Crippen molar-refractivity contribution in [2.75, 3.05) is 13.5 Å². The summed E-state index contributed by atoms with van der Waals surface area (Å²) < 4.78 is 22.6. The fraction of sp³-hybridized carbons (Fsp3) is 0.174. The Balaban J connectivity index is 1.39. The number of benzene rings is 3. The van der Waals surface area contributed by atoms with Crippen LogP contribution in [0.2, 0.25) is 0 Å². The predicted molar refractivity (Wildman–Crippen MR) is 107 cm³/mol. The van der Waals surface area contributed by atoms with Gasteiger partial charge in [-0.15, -0.1) is 0 Å². The van der Waals surface area contributed by atoms with Crippen LogP contribution in [-0.4, -0.2) is 18.4 Å². The lowest BCUT2D eigenvalue weighted by Gasteiger charge is -2.29. The molecule has 0 aliphatic carbocycles. The molecule has 1 aromatic heterocycles. The summed E-state index contributed by atoms with van der Waals surface area (Å²) in [4.78, 5) is 14.7. The molecule has 144 valence electrons.